The lowest BCUT2D eigenvalue weighted by molar-refractivity contribution is -0.143. The lowest BCUT2D eigenvalue weighted by atomic mass is 9.98. The number of likely N-dealkylation sites (tertiary alicyclic amines) is 1. The van der Waals surface area contributed by atoms with Crippen molar-refractivity contribution in [3.05, 3.63) is 48.3 Å². The Morgan fingerprint density at radius 1 is 1.26 bits per heavy atom. The van der Waals surface area contributed by atoms with Crippen molar-refractivity contribution >= 4 is 11.9 Å². The SMILES string of the molecule is O=C(O)C1CCCN(C(=O)c2cncn2-c2ccc(F)cc2)C1. The molecule has 0 saturated carbocycles. The maximum absolute atomic E-state index is 13.0. The average molecular weight is 317 g/mol. The molecule has 120 valence electrons. The average Bonchev–Trinajstić information content (AvgIpc) is 3.04. The molecule has 23 heavy (non-hydrogen) atoms. The normalized spacial score (nSPS) is 18.0. The van der Waals surface area contributed by atoms with Gasteiger partial charge in [0, 0.05) is 18.8 Å². The van der Waals surface area contributed by atoms with Crippen LogP contribution < -0.4 is 0 Å². The zero-order valence-corrected chi connectivity index (χ0v) is 12.4. The van der Waals surface area contributed by atoms with Crippen LogP contribution in [0.15, 0.2) is 36.8 Å². The van der Waals surface area contributed by atoms with Crippen molar-refractivity contribution < 1.29 is 19.1 Å². The first-order valence-corrected chi connectivity index (χ1v) is 7.36. The van der Waals surface area contributed by atoms with Crippen LogP contribution in [0.25, 0.3) is 5.69 Å². The van der Waals surface area contributed by atoms with Gasteiger partial charge < -0.3 is 10.0 Å². The first-order valence-electron chi connectivity index (χ1n) is 7.36. The molecular formula is C16H16FN3O3. The highest BCUT2D eigenvalue weighted by molar-refractivity contribution is 5.93. The Morgan fingerprint density at radius 2 is 2.00 bits per heavy atom. The van der Waals surface area contributed by atoms with E-state index in [9.17, 15) is 14.0 Å². The van der Waals surface area contributed by atoms with E-state index in [-0.39, 0.29) is 18.3 Å². The van der Waals surface area contributed by atoms with Gasteiger partial charge in [0.25, 0.3) is 5.91 Å². The molecule has 1 aromatic carbocycles. The molecule has 0 aliphatic carbocycles. The monoisotopic (exact) mass is 317 g/mol. The van der Waals surface area contributed by atoms with Crippen LogP contribution in [0.5, 0.6) is 0 Å². The standard InChI is InChI=1S/C16H16FN3O3/c17-12-3-5-13(6-4-12)20-10-18-8-14(20)15(21)19-7-1-2-11(9-19)16(22)23/h3-6,8,10-11H,1-2,7,9H2,(H,22,23). The van der Waals surface area contributed by atoms with Gasteiger partial charge in [-0.25, -0.2) is 9.37 Å². The van der Waals surface area contributed by atoms with Crippen molar-refractivity contribution in [2.24, 2.45) is 5.92 Å². The molecule has 1 aromatic heterocycles. The summed E-state index contributed by atoms with van der Waals surface area (Å²) in [6.45, 7) is 0.722. The number of imidazole rings is 1. The fourth-order valence-corrected chi connectivity index (χ4v) is 2.79. The van der Waals surface area contributed by atoms with Crippen LogP contribution in [0.1, 0.15) is 23.3 Å². The number of carbonyl (C=O) groups excluding carboxylic acids is 1. The Hall–Kier alpha value is -2.70. The van der Waals surface area contributed by atoms with Crippen molar-refractivity contribution in [3.63, 3.8) is 0 Å². The van der Waals surface area contributed by atoms with E-state index in [1.165, 1.54) is 24.7 Å². The van der Waals surface area contributed by atoms with Crippen molar-refractivity contribution in [2.75, 3.05) is 13.1 Å². The molecule has 0 radical (unpaired) electrons. The third-order valence-electron chi connectivity index (χ3n) is 4.02. The van der Waals surface area contributed by atoms with E-state index in [2.05, 4.69) is 4.98 Å². The van der Waals surface area contributed by atoms with E-state index >= 15 is 0 Å². The third-order valence-corrected chi connectivity index (χ3v) is 4.02. The summed E-state index contributed by atoms with van der Waals surface area (Å²) in [5.74, 6) is -2.04. The van der Waals surface area contributed by atoms with Gasteiger partial charge in [-0.1, -0.05) is 0 Å². The predicted molar refractivity (Wildman–Crippen MR) is 79.8 cm³/mol. The van der Waals surface area contributed by atoms with Gasteiger partial charge in [0.2, 0.25) is 0 Å². The number of halogens is 1. The molecule has 6 nitrogen and oxygen atoms in total. The van der Waals surface area contributed by atoms with Gasteiger partial charge in [0.05, 0.1) is 18.4 Å². The molecule has 1 aliphatic rings. The fourth-order valence-electron chi connectivity index (χ4n) is 2.79. The molecule has 1 aliphatic heterocycles. The van der Waals surface area contributed by atoms with Crippen molar-refractivity contribution in [2.45, 2.75) is 12.8 Å². The molecule has 3 rings (SSSR count). The molecule has 1 atom stereocenters. The van der Waals surface area contributed by atoms with E-state index in [0.717, 1.165) is 0 Å². The Bertz CT molecular complexity index is 726. The number of aliphatic carboxylic acids is 1. The zero-order chi connectivity index (χ0) is 16.4. The molecule has 7 heteroatoms. The first-order chi connectivity index (χ1) is 11.1. The van der Waals surface area contributed by atoms with Crippen LogP contribution in [0.2, 0.25) is 0 Å². The van der Waals surface area contributed by atoms with Gasteiger partial charge in [0.15, 0.2) is 0 Å². The van der Waals surface area contributed by atoms with Crippen molar-refractivity contribution in [1.29, 1.82) is 0 Å². The summed E-state index contributed by atoms with van der Waals surface area (Å²) in [6.07, 6.45) is 4.17. The highest BCUT2D eigenvalue weighted by Gasteiger charge is 2.30. The Morgan fingerprint density at radius 3 is 2.70 bits per heavy atom. The van der Waals surface area contributed by atoms with Gasteiger partial charge in [0.1, 0.15) is 11.5 Å². The molecular weight excluding hydrogens is 301 g/mol. The Balaban J connectivity index is 1.85. The summed E-state index contributed by atoms with van der Waals surface area (Å²) in [4.78, 5) is 29.4. The van der Waals surface area contributed by atoms with Gasteiger partial charge in [-0.05, 0) is 37.1 Å². The lowest BCUT2D eigenvalue weighted by Crippen LogP contribution is -2.42. The van der Waals surface area contributed by atoms with Crippen LogP contribution in [-0.4, -0.2) is 44.5 Å². The molecule has 1 N–H and O–H groups in total. The van der Waals surface area contributed by atoms with E-state index in [0.29, 0.717) is 30.8 Å². The number of hydrogen-bond donors (Lipinski definition) is 1. The van der Waals surface area contributed by atoms with Crippen LogP contribution in [0, 0.1) is 11.7 Å². The zero-order valence-electron chi connectivity index (χ0n) is 12.4. The molecule has 2 aromatic rings. The van der Waals surface area contributed by atoms with Gasteiger partial charge in [-0.3, -0.25) is 14.2 Å². The summed E-state index contributed by atoms with van der Waals surface area (Å²) in [7, 11) is 0. The summed E-state index contributed by atoms with van der Waals surface area (Å²) in [6, 6.07) is 5.74. The van der Waals surface area contributed by atoms with E-state index in [4.69, 9.17) is 5.11 Å². The molecule has 1 amide bonds. The number of nitrogens with zero attached hydrogens (tertiary/aromatic N) is 3. The largest absolute Gasteiger partial charge is 0.481 e. The van der Waals surface area contributed by atoms with Crippen molar-refractivity contribution in [3.8, 4) is 5.69 Å². The highest BCUT2D eigenvalue weighted by atomic mass is 19.1. The first kappa shape index (κ1) is 15.2. The van der Waals surface area contributed by atoms with Crippen molar-refractivity contribution in [1.82, 2.24) is 14.5 Å². The Labute approximate surface area is 132 Å². The number of piperidine rings is 1. The number of carbonyl (C=O) groups is 2. The smallest absolute Gasteiger partial charge is 0.308 e. The quantitative estimate of drug-likeness (QED) is 0.939. The number of carboxylic acid groups (broad SMARTS) is 1. The molecule has 1 unspecified atom stereocenters. The minimum Gasteiger partial charge on any atom is -0.481 e. The van der Waals surface area contributed by atoms with E-state index in [1.807, 2.05) is 0 Å². The molecule has 0 bridgehead atoms. The topological polar surface area (TPSA) is 75.4 Å². The Kier molecular flexibility index (Phi) is 4.10. The number of aromatic nitrogens is 2. The van der Waals surface area contributed by atoms with Crippen LogP contribution in [0.4, 0.5) is 4.39 Å². The van der Waals surface area contributed by atoms with Crippen LogP contribution >= 0.6 is 0 Å². The number of hydrogen-bond acceptors (Lipinski definition) is 3. The van der Waals surface area contributed by atoms with Crippen LogP contribution in [0.3, 0.4) is 0 Å². The summed E-state index contributed by atoms with van der Waals surface area (Å²) in [5.41, 5.74) is 0.960. The second kappa shape index (κ2) is 6.20. The van der Waals surface area contributed by atoms with E-state index in [1.54, 1.807) is 21.6 Å². The van der Waals surface area contributed by atoms with Gasteiger partial charge >= 0.3 is 5.97 Å². The van der Waals surface area contributed by atoms with Gasteiger partial charge in [-0.2, -0.15) is 0 Å². The third kappa shape index (κ3) is 3.08. The number of amides is 1. The van der Waals surface area contributed by atoms with Gasteiger partial charge in [-0.15, -0.1) is 0 Å². The maximum Gasteiger partial charge on any atom is 0.308 e. The molecule has 1 fully saturated rings. The predicted octanol–water partition coefficient (Wildman–Crippen LogP) is 1.95. The second-order valence-corrected chi connectivity index (χ2v) is 5.55. The number of rotatable bonds is 3. The highest BCUT2D eigenvalue weighted by Crippen LogP contribution is 2.20. The number of benzene rings is 1. The number of carboxylic acids is 1. The molecule has 2 heterocycles. The maximum atomic E-state index is 13.0. The second-order valence-electron chi connectivity index (χ2n) is 5.55. The lowest BCUT2D eigenvalue weighted by Gasteiger charge is -2.30. The minimum atomic E-state index is -0.880. The molecule has 1 saturated heterocycles. The fraction of sp³-hybridized carbons (Fsp3) is 0.312. The summed E-state index contributed by atoms with van der Waals surface area (Å²) < 4.78 is 14.6. The molecule has 0 spiro atoms. The van der Waals surface area contributed by atoms with Crippen LogP contribution in [-0.2, 0) is 4.79 Å². The summed E-state index contributed by atoms with van der Waals surface area (Å²) >= 11 is 0. The summed E-state index contributed by atoms with van der Waals surface area (Å²) in [5, 5.41) is 9.14. The van der Waals surface area contributed by atoms with E-state index < -0.39 is 11.9 Å². The minimum absolute atomic E-state index is 0.197.